The van der Waals surface area contributed by atoms with Crippen molar-refractivity contribution in [3.63, 3.8) is 0 Å². The van der Waals surface area contributed by atoms with E-state index >= 15 is 0 Å². The molecule has 2 aromatic carbocycles. The summed E-state index contributed by atoms with van der Waals surface area (Å²) in [4.78, 5) is 14.0. The molecule has 0 aliphatic carbocycles. The number of nitrogens with zero attached hydrogens (tertiary/aromatic N) is 1. The predicted octanol–water partition coefficient (Wildman–Crippen LogP) is 5.36. The highest BCUT2D eigenvalue weighted by Gasteiger charge is 2.12. The molecule has 1 amide bonds. The minimum atomic E-state index is -0.0789. The molecule has 1 N–H and O–H groups in total. The van der Waals surface area contributed by atoms with Gasteiger partial charge in [-0.1, -0.05) is 57.0 Å². The van der Waals surface area contributed by atoms with Crippen molar-refractivity contribution in [2.45, 2.75) is 39.5 Å². The van der Waals surface area contributed by atoms with Crippen molar-refractivity contribution in [2.24, 2.45) is 5.92 Å². The van der Waals surface area contributed by atoms with Gasteiger partial charge in [-0.15, -0.1) is 0 Å². The van der Waals surface area contributed by atoms with Gasteiger partial charge in [0.1, 0.15) is 5.75 Å². The van der Waals surface area contributed by atoms with Gasteiger partial charge in [-0.05, 0) is 43.0 Å². The number of likely N-dealkylation sites (N-methyl/N-ethyl adjacent to an activating group) is 1. The molecule has 0 aliphatic rings. The van der Waals surface area contributed by atoms with E-state index in [1.807, 2.05) is 54.6 Å². The summed E-state index contributed by atoms with van der Waals surface area (Å²) < 4.78 is 5.81. The lowest BCUT2D eigenvalue weighted by Crippen LogP contribution is -2.31. The predicted molar refractivity (Wildman–Crippen MR) is 114 cm³/mol. The van der Waals surface area contributed by atoms with Gasteiger partial charge in [-0.3, -0.25) is 4.79 Å². The summed E-state index contributed by atoms with van der Waals surface area (Å²) in [5, 5.41) is 3.45. The van der Waals surface area contributed by atoms with E-state index in [0.29, 0.717) is 0 Å². The molecule has 0 saturated carbocycles. The molecule has 0 aromatic heterocycles. The number of para-hydroxylation sites is 3. The first-order valence-electron chi connectivity index (χ1n) is 9.93. The van der Waals surface area contributed by atoms with Crippen molar-refractivity contribution in [3.8, 4) is 5.75 Å². The number of amides is 1. The fraction of sp³-hybridized carbons (Fsp3) is 0.435. The fourth-order valence-electron chi connectivity index (χ4n) is 3.08. The molecule has 0 heterocycles. The van der Waals surface area contributed by atoms with Gasteiger partial charge in [0, 0.05) is 19.3 Å². The first-order chi connectivity index (χ1) is 13.2. The van der Waals surface area contributed by atoms with E-state index in [1.165, 1.54) is 19.3 Å². The second-order valence-electron chi connectivity index (χ2n) is 6.82. The lowest BCUT2D eigenvalue weighted by atomic mass is 9.98. The molecule has 4 nitrogen and oxygen atoms in total. The Balaban J connectivity index is 1.85. The highest BCUT2D eigenvalue weighted by molar-refractivity contribution is 5.93. The minimum Gasteiger partial charge on any atom is -0.482 e. The highest BCUT2D eigenvalue weighted by atomic mass is 16.5. The third kappa shape index (κ3) is 6.63. The molecule has 146 valence electrons. The molecular weight excluding hydrogens is 336 g/mol. The third-order valence-corrected chi connectivity index (χ3v) is 5.02. The first-order valence-corrected chi connectivity index (χ1v) is 9.93. The average Bonchev–Trinajstić information content (AvgIpc) is 2.73. The summed E-state index contributed by atoms with van der Waals surface area (Å²) in [5.41, 5.74) is 1.80. The van der Waals surface area contributed by atoms with Crippen LogP contribution in [0, 0.1) is 5.92 Å². The van der Waals surface area contributed by atoms with Crippen LogP contribution >= 0.6 is 0 Å². The Bertz CT molecular complexity index is 684. The van der Waals surface area contributed by atoms with E-state index in [4.69, 9.17) is 4.74 Å². The Hall–Kier alpha value is -2.49. The van der Waals surface area contributed by atoms with Gasteiger partial charge in [0.2, 0.25) is 0 Å². The zero-order chi connectivity index (χ0) is 19.5. The summed E-state index contributed by atoms with van der Waals surface area (Å²) >= 11 is 0. The standard InChI is InChI=1S/C23H32N2O2/c1-4-19(5-2)12-11-17-24-21-15-9-10-16-22(21)27-18-23(26)25(3)20-13-7-6-8-14-20/h6-10,13-16,19,24H,4-5,11-12,17-18H2,1-3H3. The Kier molecular flexibility index (Phi) is 8.69. The van der Waals surface area contributed by atoms with Crippen molar-refractivity contribution in [2.75, 3.05) is 30.4 Å². The van der Waals surface area contributed by atoms with E-state index in [2.05, 4.69) is 19.2 Å². The van der Waals surface area contributed by atoms with Crippen molar-refractivity contribution in [3.05, 3.63) is 54.6 Å². The smallest absolute Gasteiger partial charge is 0.264 e. The van der Waals surface area contributed by atoms with Crippen LogP contribution in [0.15, 0.2) is 54.6 Å². The highest BCUT2D eigenvalue weighted by Crippen LogP contribution is 2.24. The molecule has 4 heteroatoms. The Morgan fingerprint density at radius 3 is 2.41 bits per heavy atom. The second kappa shape index (κ2) is 11.3. The molecule has 0 spiro atoms. The summed E-state index contributed by atoms with van der Waals surface area (Å²) in [6.07, 6.45) is 4.86. The lowest BCUT2D eigenvalue weighted by molar-refractivity contribution is -0.120. The van der Waals surface area contributed by atoms with Crippen molar-refractivity contribution in [1.29, 1.82) is 0 Å². The fourth-order valence-corrected chi connectivity index (χ4v) is 3.08. The van der Waals surface area contributed by atoms with Gasteiger partial charge in [0.05, 0.1) is 5.69 Å². The maximum absolute atomic E-state index is 12.4. The maximum atomic E-state index is 12.4. The van der Waals surface area contributed by atoms with Crippen molar-refractivity contribution < 1.29 is 9.53 Å². The zero-order valence-corrected chi connectivity index (χ0v) is 16.8. The molecule has 0 atom stereocenters. The number of nitrogens with one attached hydrogen (secondary N) is 1. The number of hydrogen-bond acceptors (Lipinski definition) is 3. The van der Waals surface area contributed by atoms with Crippen LogP contribution < -0.4 is 15.0 Å². The van der Waals surface area contributed by atoms with Gasteiger partial charge in [-0.2, -0.15) is 0 Å². The summed E-state index contributed by atoms with van der Waals surface area (Å²) in [5.74, 6) is 1.45. The van der Waals surface area contributed by atoms with Gasteiger partial charge in [0.25, 0.3) is 5.91 Å². The van der Waals surface area contributed by atoms with Crippen LogP contribution in [0.4, 0.5) is 11.4 Å². The molecule has 0 unspecified atom stereocenters. The zero-order valence-electron chi connectivity index (χ0n) is 16.8. The Labute approximate surface area is 163 Å². The third-order valence-electron chi connectivity index (χ3n) is 5.02. The van der Waals surface area contributed by atoms with Gasteiger partial charge in [0.15, 0.2) is 6.61 Å². The normalized spacial score (nSPS) is 10.7. The van der Waals surface area contributed by atoms with Crippen LogP contribution in [0.2, 0.25) is 0 Å². The summed E-state index contributed by atoms with van der Waals surface area (Å²) in [6.45, 7) is 5.44. The van der Waals surface area contributed by atoms with Crippen molar-refractivity contribution in [1.82, 2.24) is 0 Å². The number of benzene rings is 2. The summed E-state index contributed by atoms with van der Waals surface area (Å²) in [6, 6.07) is 17.4. The Morgan fingerprint density at radius 1 is 1.04 bits per heavy atom. The lowest BCUT2D eigenvalue weighted by Gasteiger charge is -2.19. The van der Waals surface area contributed by atoms with E-state index in [1.54, 1.807) is 11.9 Å². The second-order valence-corrected chi connectivity index (χ2v) is 6.82. The van der Waals surface area contributed by atoms with Crippen LogP contribution in [-0.2, 0) is 4.79 Å². The number of ether oxygens (including phenoxy) is 1. The number of rotatable bonds is 11. The molecule has 0 radical (unpaired) electrons. The van der Waals surface area contributed by atoms with Gasteiger partial charge >= 0.3 is 0 Å². The number of carbonyl (C=O) groups excluding carboxylic acids is 1. The molecule has 2 aromatic rings. The van der Waals surface area contributed by atoms with Crippen molar-refractivity contribution >= 4 is 17.3 Å². The molecule has 0 bridgehead atoms. The minimum absolute atomic E-state index is 0.0117. The number of anilines is 2. The van der Waals surface area contributed by atoms with Crippen LogP contribution in [0.3, 0.4) is 0 Å². The van der Waals surface area contributed by atoms with Gasteiger partial charge in [-0.25, -0.2) is 0 Å². The molecule has 2 rings (SSSR count). The van der Waals surface area contributed by atoms with E-state index < -0.39 is 0 Å². The molecular formula is C23H32N2O2. The monoisotopic (exact) mass is 368 g/mol. The molecule has 0 saturated heterocycles. The van der Waals surface area contributed by atoms with Crippen LogP contribution in [0.25, 0.3) is 0 Å². The molecule has 0 aliphatic heterocycles. The van der Waals surface area contributed by atoms with Gasteiger partial charge < -0.3 is 15.0 Å². The molecule has 0 fully saturated rings. The van der Waals surface area contributed by atoms with Crippen LogP contribution in [-0.4, -0.2) is 26.1 Å². The maximum Gasteiger partial charge on any atom is 0.264 e. The number of hydrogen-bond donors (Lipinski definition) is 1. The van der Waals surface area contributed by atoms with E-state index in [9.17, 15) is 4.79 Å². The first kappa shape index (κ1) is 20.8. The summed E-state index contributed by atoms with van der Waals surface area (Å²) in [7, 11) is 1.77. The Morgan fingerprint density at radius 2 is 1.70 bits per heavy atom. The topological polar surface area (TPSA) is 41.6 Å². The molecule has 27 heavy (non-hydrogen) atoms. The largest absolute Gasteiger partial charge is 0.482 e. The number of carbonyl (C=O) groups is 1. The quantitative estimate of drug-likeness (QED) is 0.543. The van der Waals surface area contributed by atoms with E-state index in [0.717, 1.165) is 36.0 Å². The van der Waals surface area contributed by atoms with E-state index in [-0.39, 0.29) is 12.5 Å². The average molecular weight is 369 g/mol. The van der Waals surface area contributed by atoms with Crippen LogP contribution in [0.5, 0.6) is 5.75 Å². The van der Waals surface area contributed by atoms with Crippen LogP contribution in [0.1, 0.15) is 39.5 Å². The SMILES string of the molecule is CCC(CC)CCCNc1ccccc1OCC(=O)N(C)c1ccccc1.